The number of nitrogens with zero attached hydrogens (tertiary/aromatic N) is 1. The molecule has 1 N–H and O–H groups in total. The maximum absolute atomic E-state index is 11.5. The summed E-state index contributed by atoms with van der Waals surface area (Å²) in [6, 6.07) is 8.22. The van der Waals surface area contributed by atoms with Crippen LogP contribution in [0.5, 0.6) is 0 Å². The molecule has 1 heterocycles. The van der Waals surface area contributed by atoms with E-state index in [0.29, 0.717) is 5.75 Å². The van der Waals surface area contributed by atoms with Crippen molar-refractivity contribution in [1.82, 2.24) is 5.32 Å². The topological polar surface area (TPSA) is 41.5 Å². The number of carbonyl (C=O) groups excluding carboxylic acids is 1. The molecule has 1 aromatic carbocycles. The van der Waals surface area contributed by atoms with Gasteiger partial charge >= 0.3 is 0 Å². The predicted octanol–water partition coefficient (Wildman–Crippen LogP) is 2.39. The van der Waals surface area contributed by atoms with Crippen molar-refractivity contribution in [2.45, 2.75) is 31.2 Å². The maximum Gasteiger partial charge on any atom is 0.252 e. The minimum absolute atomic E-state index is 0.0158. The number of amidine groups is 1. The van der Waals surface area contributed by atoms with Gasteiger partial charge in [-0.2, -0.15) is 0 Å². The first kappa shape index (κ1) is 12.2. The summed E-state index contributed by atoms with van der Waals surface area (Å²) in [5.74, 6) is 1.46. The SMILES string of the molecule is Cc1ccccc1SCC1=NC(C)(C)C(=O)N1. The molecule has 0 atom stereocenters. The van der Waals surface area contributed by atoms with Gasteiger partial charge in [0.2, 0.25) is 0 Å². The molecule has 4 heteroatoms. The van der Waals surface area contributed by atoms with Crippen molar-refractivity contribution < 1.29 is 4.79 Å². The summed E-state index contributed by atoms with van der Waals surface area (Å²) >= 11 is 1.70. The third-order valence-corrected chi connectivity index (χ3v) is 3.87. The Morgan fingerprint density at radius 3 is 2.65 bits per heavy atom. The second-order valence-corrected chi connectivity index (χ2v) is 5.64. The zero-order valence-electron chi connectivity index (χ0n) is 10.3. The van der Waals surface area contributed by atoms with Crippen molar-refractivity contribution in [3.63, 3.8) is 0 Å². The number of thioether (sulfide) groups is 1. The van der Waals surface area contributed by atoms with Crippen LogP contribution in [0.3, 0.4) is 0 Å². The van der Waals surface area contributed by atoms with Gasteiger partial charge in [0.1, 0.15) is 11.4 Å². The molecule has 0 bridgehead atoms. The Kier molecular flexibility index (Phi) is 3.24. The number of hydrogen-bond acceptors (Lipinski definition) is 3. The molecule has 0 spiro atoms. The summed E-state index contributed by atoms with van der Waals surface area (Å²) in [4.78, 5) is 17.2. The van der Waals surface area contributed by atoms with Gasteiger partial charge < -0.3 is 5.32 Å². The lowest BCUT2D eigenvalue weighted by atomic mass is 10.1. The first-order valence-electron chi connectivity index (χ1n) is 5.58. The van der Waals surface area contributed by atoms with E-state index in [9.17, 15) is 4.79 Å². The predicted molar refractivity (Wildman–Crippen MR) is 71.6 cm³/mol. The van der Waals surface area contributed by atoms with Gasteiger partial charge in [-0.05, 0) is 32.4 Å². The highest BCUT2D eigenvalue weighted by Gasteiger charge is 2.33. The Balaban J connectivity index is 2.01. The molecule has 1 aromatic rings. The van der Waals surface area contributed by atoms with E-state index in [-0.39, 0.29) is 5.91 Å². The molecule has 17 heavy (non-hydrogen) atoms. The fourth-order valence-corrected chi connectivity index (χ4v) is 2.53. The number of aliphatic imine (C=N–C) groups is 1. The average molecular weight is 248 g/mol. The van der Waals surface area contributed by atoms with E-state index in [1.807, 2.05) is 26.0 Å². The monoisotopic (exact) mass is 248 g/mol. The number of carbonyl (C=O) groups is 1. The van der Waals surface area contributed by atoms with Crippen molar-refractivity contribution >= 4 is 23.5 Å². The molecule has 0 radical (unpaired) electrons. The van der Waals surface area contributed by atoms with E-state index in [1.54, 1.807) is 11.8 Å². The number of hydrogen-bond donors (Lipinski definition) is 1. The van der Waals surface area contributed by atoms with Crippen molar-refractivity contribution in [2.75, 3.05) is 5.75 Å². The summed E-state index contributed by atoms with van der Waals surface area (Å²) < 4.78 is 0. The standard InChI is InChI=1S/C13H16N2OS/c1-9-6-4-5-7-10(9)17-8-11-14-12(16)13(2,3)15-11/h4-7H,8H2,1-3H3,(H,14,15,16). The average Bonchev–Trinajstić information content (AvgIpc) is 2.52. The molecule has 0 saturated heterocycles. The van der Waals surface area contributed by atoms with Crippen molar-refractivity contribution in [1.29, 1.82) is 0 Å². The van der Waals surface area contributed by atoms with Crippen LogP contribution in [0.25, 0.3) is 0 Å². The molecular weight excluding hydrogens is 232 g/mol. The highest BCUT2D eigenvalue weighted by Crippen LogP contribution is 2.23. The maximum atomic E-state index is 11.5. The lowest BCUT2D eigenvalue weighted by Gasteiger charge is -2.07. The van der Waals surface area contributed by atoms with Crippen molar-refractivity contribution in [3.8, 4) is 0 Å². The van der Waals surface area contributed by atoms with E-state index in [0.717, 1.165) is 5.84 Å². The molecule has 1 amide bonds. The molecule has 2 rings (SSSR count). The number of aryl methyl sites for hydroxylation is 1. The minimum Gasteiger partial charge on any atom is -0.312 e. The van der Waals surface area contributed by atoms with E-state index in [2.05, 4.69) is 29.4 Å². The number of nitrogens with one attached hydrogen (secondary N) is 1. The van der Waals surface area contributed by atoms with Gasteiger partial charge in [-0.3, -0.25) is 9.79 Å². The van der Waals surface area contributed by atoms with Crippen LogP contribution in [-0.2, 0) is 4.79 Å². The van der Waals surface area contributed by atoms with Crippen LogP contribution >= 0.6 is 11.8 Å². The van der Waals surface area contributed by atoms with Gasteiger partial charge in [0.05, 0.1) is 5.75 Å². The Morgan fingerprint density at radius 1 is 1.35 bits per heavy atom. The molecule has 0 aromatic heterocycles. The molecule has 0 unspecified atom stereocenters. The zero-order valence-corrected chi connectivity index (χ0v) is 11.1. The Labute approximate surface area is 106 Å². The van der Waals surface area contributed by atoms with Gasteiger partial charge in [-0.15, -0.1) is 11.8 Å². The smallest absolute Gasteiger partial charge is 0.252 e. The van der Waals surface area contributed by atoms with Gasteiger partial charge in [0.25, 0.3) is 5.91 Å². The second kappa shape index (κ2) is 4.53. The highest BCUT2D eigenvalue weighted by molar-refractivity contribution is 8.00. The normalized spacial score (nSPS) is 17.8. The molecule has 3 nitrogen and oxygen atoms in total. The molecular formula is C13H16N2OS. The number of amides is 1. The van der Waals surface area contributed by atoms with Crippen LogP contribution < -0.4 is 5.32 Å². The summed E-state index contributed by atoms with van der Waals surface area (Å²) in [6.07, 6.45) is 0. The number of rotatable bonds is 3. The lowest BCUT2D eigenvalue weighted by molar-refractivity contribution is -0.122. The Hall–Kier alpha value is -1.29. The summed E-state index contributed by atoms with van der Waals surface area (Å²) in [5.41, 5.74) is 0.642. The van der Waals surface area contributed by atoms with Crippen LogP contribution in [0.2, 0.25) is 0 Å². The largest absolute Gasteiger partial charge is 0.312 e. The molecule has 0 aliphatic carbocycles. The van der Waals surface area contributed by atoms with Crippen molar-refractivity contribution in [3.05, 3.63) is 29.8 Å². The quantitative estimate of drug-likeness (QED) is 0.834. The van der Waals surface area contributed by atoms with Gasteiger partial charge in [-0.1, -0.05) is 18.2 Å². The summed E-state index contributed by atoms with van der Waals surface area (Å²) in [5, 5.41) is 2.82. The summed E-state index contributed by atoms with van der Waals surface area (Å²) in [6.45, 7) is 5.74. The van der Waals surface area contributed by atoms with Gasteiger partial charge in [-0.25, -0.2) is 0 Å². The van der Waals surface area contributed by atoms with Gasteiger partial charge in [0, 0.05) is 4.90 Å². The highest BCUT2D eigenvalue weighted by atomic mass is 32.2. The van der Waals surface area contributed by atoms with Crippen LogP contribution in [0, 0.1) is 6.92 Å². The Morgan fingerprint density at radius 2 is 2.06 bits per heavy atom. The van der Waals surface area contributed by atoms with Crippen LogP contribution in [0.4, 0.5) is 0 Å². The van der Waals surface area contributed by atoms with Gasteiger partial charge in [0.15, 0.2) is 0 Å². The first-order chi connectivity index (χ1) is 7.99. The molecule has 0 saturated carbocycles. The van der Waals surface area contributed by atoms with E-state index < -0.39 is 5.54 Å². The molecule has 1 aliphatic heterocycles. The third kappa shape index (κ3) is 2.69. The Bertz CT molecular complexity index is 480. The summed E-state index contributed by atoms with van der Waals surface area (Å²) in [7, 11) is 0. The van der Waals surface area contributed by atoms with E-state index in [4.69, 9.17) is 0 Å². The fourth-order valence-electron chi connectivity index (χ4n) is 1.63. The van der Waals surface area contributed by atoms with E-state index >= 15 is 0 Å². The molecule has 1 aliphatic rings. The zero-order chi connectivity index (χ0) is 12.5. The minimum atomic E-state index is -0.609. The van der Waals surface area contributed by atoms with Crippen LogP contribution in [0.15, 0.2) is 34.2 Å². The molecule has 90 valence electrons. The first-order valence-corrected chi connectivity index (χ1v) is 6.56. The molecule has 0 fully saturated rings. The second-order valence-electron chi connectivity index (χ2n) is 4.63. The lowest BCUT2D eigenvalue weighted by Crippen LogP contribution is -2.34. The van der Waals surface area contributed by atoms with Crippen molar-refractivity contribution in [2.24, 2.45) is 4.99 Å². The van der Waals surface area contributed by atoms with E-state index in [1.165, 1.54) is 10.5 Å². The third-order valence-electron chi connectivity index (χ3n) is 2.69. The van der Waals surface area contributed by atoms with Crippen LogP contribution in [0.1, 0.15) is 19.4 Å². The number of benzene rings is 1. The fraction of sp³-hybridized carbons (Fsp3) is 0.385. The van der Waals surface area contributed by atoms with Crippen LogP contribution in [-0.4, -0.2) is 23.0 Å².